The van der Waals surface area contributed by atoms with Crippen LogP contribution in [0.3, 0.4) is 0 Å². The summed E-state index contributed by atoms with van der Waals surface area (Å²) in [6.45, 7) is 1.52. The highest BCUT2D eigenvalue weighted by atomic mass is 16.5. The summed E-state index contributed by atoms with van der Waals surface area (Å²) in [5.41, 5.74) is 8.70. The van der Waals surface area contributed by atoms with Crippen LogP contribution in [0, 0.1) is 6.92 Å². The van der Waals surface area contributed by atoms with Crippen LogP contribution in [0.15, 0.2) is 53.3 Å². The molecule has 10 nitrogen and oxygen atoms in total. The Kier molecular flexibility index (Phi) is 5.35. The lowest BCUT2D eigenvalue weighted by Gasteiger charge is -2.10. The van der Waals surface area contributed by atoms with Crippen LogP contribution in [0.5, 0.6) is 0 Å². The minimum absolute atomic E-state index is 0.00223. The fourth-order valence-electron chi connectivity index (χ4n) is 3.23. The van der Waals surface area contributed by atoms with Crippen molar-refractivity contribution in [2.75, 3.05) is 11.1 Å². The Morgan fingerprint density at radius 2 is 1.77 bits per heavy atom. The molecular formula is C21H21N7O3. The molecule has 0 atom stereocenters. The number of benzene rings is 2. The van der Waals surface area contributed by atoms with Gasteiger partial charge in [-0.05, 0) is 30.7 Å². The maximum atomic E-state index is 12.4. The van der Waals surface area contributed by atoms with E-state index >= 15 is 0 Å². The molecule has 31 heavy (non-hydrogen) atoms. The summed E-state index contributed by atoms with van der Waals surface area (Å²) in [4.78, 5) is 37.2. The van der Waals surface area contributed by atoms with Crippen molar-refractivity contribution in [3.05, 3.63) is 70.4 Å². The number of carbonyl (C=O) groups is 1. The quantitative estimate of drug-likeness (QED) is 0.453. The van der Waals surface area contributed by atoms with Crippen LogP contribution in [-0.2, 0) is 29.7 Å². The average molecular weight is 419 g/mol. The van der Waals surface area contributed by atoms with Crippen LogP contribution < -0.4 is 16.7 Å². The van der Waals surface area contributed by atoms with Gasteiger partial charge in [-0.2, -0.15) is 15.0 Å². The second-order valence-electron chi connectivity index (χ2n) is 6.95. The van der Waals surface area contributed by atoms with Crippen LogP contribution in [0.4, 0.5) is 17.6 Å². The van der Waals surface area contributed by atoms with Gasteiger partial charge in [-0.25, -0.2) is 4.79 Å². The van der Waals surface area contributed by atoms with Crippen molar-refractivity contribution < 1.29 is 9.53 Å². The van der Waals surface area contributed by atoms with Gasteiger partial charge in [-0.15, -0.1) is 0 Å². The van der Waals surface area contributed by atoms with E-state index in [9.17, 15) is 9.59 Å². The van der Waals surface area contributed by atoms with Gasteiger partial charge in [0.2, 0.25) is 11.9 Å². The Morgan fingerprint density at radius 1 is 1.06 bits per heavy atom. The van der Waals surface area contributed by atoms with Crippen LogP contribution in [0.2, 0.25) is 0 Å². The number of aromatic nitrogens is 5. The maximum absolute atomic E-state index is 12.4. The van der Waals surface area contributed by atoms with E-state index in [-0.39, 0.29) is 36.6 Å². The number of hydrogen-bond donors (Lipinski definition) is 2. The van der Waals surface area contributed by atoms with Gasteiger partial charge in [-0.3, -0.25) is 13.9 Å². The van der Waals surface area contributed by atoms with Crippen molar-refractivity contribution in [2.45, 2.75) is 20.1 Å². The predicted octanol–water partition coefficient (Wildman–Crippen LogP) is 1.90. The van der Waals surface area contributed by atoms with Crippen molar-refractivity contribution in [1.29, 1.82) is 0 Å². The van der Waals surface area contributed by atoms with Gasteiger partial charge in [0.1, 0.15) is 6.54 Å². The van der Waals surface area contributed by atoms with Gasteiger partial charge in [0, 0.05) is 12.7 Å². The van der Waals surface area contributed by atoms with E-state index in [1.54, 1.807) is 19.2 Å². The SMILES string of the molecule is Cc1ccccc1Nc1nc(N)nc(COC(=O)Cn2c(=O)n(C)c3ccccc32)n1. The lowest BCUT2D eigenvalue weighted by molar-refractivity contribution is -0.145. The first-order valence-electron chi connectivity index (χ1n) is 9.55. The first kappa shape index (κ1) is 20.1. The van der Waals surface area contributed by atoms with E-state index < -0.39 is 5.97 Å². The molecule has 2 aromatic heterocycles. The standard InChI is InChI=1S/C21H21N7O3/c1-13-7-3-4-8-14(13)23-20-25-17(24-19(22)26-20)12-31-18(29)11-28-16-10-6-5-9-15(16)27(2)21(28)30/h3-10H,11-12H2,1-2H3,(H3,22,23,24,25,26). The first-order chi connectivity index (χ1) is 14.9. The number of aryl methyl sites for hydroxylation is 2. The number of nitrogen functional groups attached to an aromatic ring is 1. The Hall–Kier alpha value is -4.21. The third kappa shape index (κ3) is 4.22. The molecule has 0 aliphatic carbocycles. The number of imidazole rings is 1. The van der Waals surface area contributed by atoms with Crippen molar-refractivity contribution in [2.24, 2.45) is 7.05 Å². The molecule has 4 rings (SSSR count). The molecular weight excluding hydrogens is 398 g/mol. The summed E-state index contributed by atoms with van der Waals surface area (Å²) >= 11 is 0. The Balaban J connectivity index is 1.47. The number of esters is 1. The fourth-order valence-corrected chi connectivity index (χ4v) is 3.23. The fraction of sp³-hybridized carbons (Fsp3) is 0.190. The molecule has 0 aliphatic rings. The second-order valence-corrected chi connectivity index (χ2v) is 6.95. The Morgan fingerprint density at radius 3 is 2.55 bits per heavy atom. The first-order valence-corrected chi connectivity index (χ1v) is 9.55. The molecule has 0 saturated carbocycles. The highest BCUT2D eigenvalue weighted by Gasteiger charge is 2.15. The molecule has 0 amide bonds. The molecule has 0 aliphatic heterocycles. The average Bonchev–Trinajstić information content (AvgIpc) is 2.99. The summed E-state index contributed by atoms with van der Waals surface area (Å²) in [5, 5.41) is 3.08. The summed E-state index contributed by atoms with van der Waals surface area (Å²) < 4.78 is 8.14. The molecule has 0 unspecified atom stereocenters. The number of para-hydroxylation sites is 3. The lowest BCUT2D eigenvalue weighted by Crippen LogP contribution is -2.26. The lowest BCUT2D eigenvalue weighted by atomic mass is 10.2. The Bertz CT molecular complexity index is 1330. The highest BCUT2D eigenvalue weighted by molar-refractivity contribution is 5.78. The molecule has 2 heterocycles. The summed E-state index contributed by atoms with van der Waals surface area (Å²) in [7, 11) is 1.66. The highest BCUT2D eigenvalue weighted by Crippen LogP contribution is 2.18. The predicted molar refractivity (Wildman–Crippen MR) is 116 cm³/mol. The molecule has 0 bridgehead atoms. The van der Waals surface area contributed by atoms with Crippen LogP contribution in [-0.4, -0.2) is 30.1 Å². The van der Waals surface area contributed by atoms with E-state index in [4.69, 9.17) is 10.5 Å². The molecule has 3 N–H and O–H groups in total. The van der Waals surface area contributed by atoms with E-state index in [0.717, 1.165) is 16.8 Å². The zero-order chi connectivity index (χ0) is 22.0. The van der Waals surface area contributed by atoms with Gasteiger partial charge < -0.3 is 15.8 Å². The molecule has 4 aromatic rings. The molecule has 0 spiro atoms. The third-order valence-electron chi connectivity index (χ3n) is 4.79. The second kappa shape index (κ2) is 8.27. The van der Waals surface area contributed by atoms with Crippen molar-refractivity contribution in [3.8, 4) is 0 Å². The van der Waals surface area contributed by atoms with E-state index in [0.29, 0.717) is 5.52 Å². The zero-order valence-electron chi connectivity index (χ0n) is 17.1. The summed E-state index contributed by atoms with van der Waals surface area (Å²) in [6.07, 6.45) is 0. The molecule has 158 valence electrons. The van der Waals surface area contributed by atoms with Crippen LogP contribution in [0.25, 0.3) is 11.0 Å². The van der Waals surface area contributed by atoms with Crippen molar-refractivity contribution in [3.63, 3.8) is 0 Å². The molecule has 2 aromatic carbocycles. The van der Waals surface area contributed by atoms with Gasteiger partial charge in [0.25, 0.3) is 0 Å². The van der Waals surface area contributed by atoms with E-state index in [1.807, 2.05) is 43.3 Å². The topological polar surface area (TPSA) is 130 Å². The van der Waals surface area contributed by atoms with Gasteiger partial charge >= 0.3 is 11.7 Å². The monoisotopic (exact) mass is 419 g/mol. The number of hydrogen-bond acceptors (Lipinski definition) is 8. The van der Waals surface area contributed by atoms with Gasteiger partial charge in [0.05, 0.1) is 11.0 Å². The third-order valence-corrected chi connectivity index (χ3v) is 4.79. The van der Waals surface area contributed by atoms with E-state index in [1.165, 1.54) is 9.13 Å². The van der Waals surface area contributed by atoms with Crippen LogP contribution in [0.1, 0.15) is 11.4 Å². The van der Waals surface area contributed by atoms with E-state index in [2.05, 4.69) is 20.3 Å². The smallest absolute Gasteiger partial charge is 0.329 e. The molecule has 0 fully saturated rings. The maximum Gasteiger partial charge on any atom is 0.329 e. The number of carbonyl (C=O) groups excluding carboxylic acids is 1. The van der Waals surface area contributed by atoms with Crippen molar-refractivity contribution in [1.82, 2.24) is 24.1 Å². The van der Waals surface area contributed by atoms with Crippen molar-refractivity contribution >= 4 is 34.6 Å². The van der Waals surface area contributed by atoms with Gasteiger partial charge in [-0.1, -0.05) is 30.3 Å². The molecule has 10 heteroatoms. The molecule has 0 radical (unpaired) electrons. The number of nitrogens with one attached hydrogen (secondary N) is 1. The Labute approximate surface area is 177 Å². The summed E-state index contributed by atoms with van der Waals surface area (Å²) in [5.74, 6) is -0.145. The molecule has 0 saturated heterocycles. The summed E-state index contributed by atoms with van der Waals surface area (Å²) in [6, 6.07) is 14.9. The number of nitrogens with two attached hydrogens (primary N) is 1. The minimum Gasteiger partial charge on any atom is -0.456 e. The number of fused-ring (bicyclic) bond motifs is 1. The number of anilines is 3. The van der Waals surface area contributed by atoms with Crippen LogP contribution >= 0.6 is 0 Å². The number of rotatable bonds is 6. The zero-order valence-corrected chi connectivity index (χ0v) is 17.1. The number of ether oxygens (including phenoxy) is 1. The minimum atomic E-state index is -0.592. The largest absolute Gasteiger partial charge is 0.456 e. The van der Waals surface area contributed by atoms with Gasteiger partial charge in [0.15, 0.2) is 12.4 Å². The number of nitrogens with zero attached hydrogens (tertiary/aromatic N) is 5. The normalized spacial score (nSPS) is 10.9.